The van der Waals surface area contributed by atoms with E-state index >= 15 is 0 Å². The minimum absolute atomic E-state index is 0.0842. The van der Waals surface area contributed by atoms with E-state index in [2.05, 4.69) is 5.10 Å². The number of aryl methyl sites for hydroxylation is 1. The molecule has 4 nitrogen and oxygen atoms in total. The van der Waals surface area contributed by atoms with Crippen molar-refractivity contribution < 1.29 is 9.50 Å². The molecule has 0 bridgehead atoms. The average molecular weight is 235 g/mol. The molecule has 0 aliphatic rings. The predicted molar refractivity (Wildman–Crippen MR) is 62.6 cm³/mol. The quantitative estimate of drug-likeness (QED) is 0.846. The summed E-state index contributed by atoms with van der Waals surface area (Å²) in [6, 6.07) is 6.32. The van der Waals surface area contributed by atoms with E-state index in [9.17, 15) is 9.50 Å². The van der Waals surface area contributed by atoms with E-state index in [0.717, 1.165) is 6.42 Å². The number of nitrogens with zero attached hydrogens (tertiary/aromatic N) is 2. The van der Waals surface area contributed by atoms with Crippen LogP contribution < -0.4 is 5.73 Å². The lowest BCUT2D eigenvalue weighted by atomic mass is 10.2. The molecule has 0 fully saturated rings. The first kappa shape index (κ1) is 11.6. The van der Waals surface area contributed by atoms with Gasteiger partial charge in [-0.05, 0) is 31.5 Å². The van der Waals surface area contributed by atoms with Gasteiger partial charge in [-0.2, -0.15) is 9.49 Å². The average Bonchev–Trinajstić information content (AvgIpc) is 2.68. The molecule has 0 atom stereocenters. The second-order valence-electron chi connectivity index (χ2n) is 3.78. The molecule has 1 aromatic heterocycles. The number of phenols is 1. The van der Waals surface area contributed by atoms with E-state index in [1.165, 1.54) is 23.0 Å². The summed E-state index contributed by atoms with van der Waals surface area (Å²) in [6.07, 6.45) is 2.79. The van der Waals surface area contributed by atoms with E-state index in [0.29, 0.717) is 24.2 Å². The number of aromatic hydroxyl groups is 1. The summed E-state index contributed by atoms with van der Waals surface area (Å²) in [5.41, 5.74) is 6.42. The molecule has 0 spiro atoms. The van der Waals surface area contributed by atoms with Crippen molar-refractivity contribution in [2.75, 3.05) is 6.54 Å². The highest BCUT2D eigenvalue weighted by molar-refractivity contribution is 5.38. The molecule has 0 saturated carbocycles. The van der Waals surface area contributed by atoms with Crippen LogP contribution >= 0.6 is 0 Å². The van der Waals surface area contributed by atoms with Crippen molar-refractivity contribution in [2.45, 2.75) is 12.8 Å². The second kappa shape index (κ2) is 4.97. The maximum atomic E-state index is 14.0. The summed E-state index contributed by atoms with van der Waals surface area (Å²) in [5, 5.41) is 13.3. The molecular weight excluding hydrogens is 221 g/mol. The van der Waals surface area contributed by atoms with E-state index in [-0.39, 0.29) is 5.75 Å². The van der Waals surface area contributed by atoms with Gasteiger partial charge in [0.05, 0.1) is 11.9 Å². The molecule has 3 N–H and O–H groups in total. The van der Waals surface area contributed by atoms with Gasteiger partial charge in [-0.3, -0.25) is 0 Å². The van der Waals surface area contributed by atoms with Gasteiger partial charge < -0.3 is 10.8 Å². The zero-order valence-electron chi connectivity index (χ0n) is 9.31. The van der Waals surface area contributed by atoms with Gasteiger partial charge >= 0.3 is 0 Å². The van der Waals surface area contributed by atoms with Crippen LogP contribution in [0.1, 0.15) is 12.0 Å². The highest BCUT2D eigenvalue weighted by Gasteiger charge is 2.11. The van der Waals surface area contributed by atoms with Crippen LogP contribution in [0.5, 0.6) is 5.75 Å². The SMILES string of the molecule is NCCCc1cnn(-c2cccc(O)c2)c1F. The van der Waals surface area contributed by atoms with Crippen molar-refractivity contribution >= 4 is 0 Å². The van der Waals surface area contributed by atoms with Crippen molar-refractivity contribution in [3.63, 3.8) is 0 Å². The smallest absolute Gasteiger partial charge is 0.219 e. The Labute approximate surface area is 98.5 Å². The lowest BCUT2D eigenvalue weighted by Crippen LogP contribution is -2.03. The Morgan fingerprint density at radius 1 is 1.41 bits per heavy atom. The van der Waals surface area contributed by atoms with Gasteiger partial charge in [0.25, 0.3) is 0 Å². The van der Waals surface area contributed by atoms with E-state index in [1.807, 2.05) is 0 Å². The molecular formula is C12H14FN3O. The number of hydrogen-bond donors (Lipinski definition) is 2. The Balaban J connectivity index is 2.30. The molecule has 0 saturated heterocycles. The number of benzene rings is 1. The third kappa shape index (κ3) is 2.45. The number of nitrogens with two attached hydrogens (primary N) is 1. The molecule has 1 aromatic carbocycles. The molecule has 5 heteroatoms. The van der Waals surface area contributed by atoms with Crippen LogP contribution in [0.15, 0.2) is 30.5 Å². The van der Waals surface area contributed by atoms with Crippen molar-refractivity contribution in [2.24, 2.45) is 5.73 Å². The Morgan fingerprint density at radius 2 is 2.24 bits per heavy atom. The van der Waals surface area contributed by atoms with Gasteiger partial charge in [0.1, 0.15) is 5.75 Å². The minimum Gasteiger partial charge on any atom is -0.508 e. The second-order valence-corrected chi connectivity index (χ2v) is 3.78. The molecule has 2 aromatic rings. The normalized spacial score (nSPS) is 10.7. The third-order valence-corrected chi connectivity index (χ3v) is 2.50. The predicted octanol–water partition coefficient (Wildman–Crippen LogP) is 1.61. The number of rotatable bonds is 4. The number of hydrogen-bond acceptors (Lipinski definition) is 3. The molecule has 0 unspecified atom stereocenters. The van der Waals surface area contributed by atoms with Crippen molar-refractivity contribution in [3.05, 3.63) is 42.0 Å². The van der Waals surface area contributed by atoms with Gasteiger partial charge in [0, 0.05) is 11.6 Å². The zero-order chi connectivity index (χ0) is 12.3. The van der Waals surface area contributed by atoms with Crippen LogP contribution in [0, 0.1) is 5.95 Å². The van der Waals surface area contributed by atoms with Crippen LogP contribution in [0.25, 0.3) is 5.69 Å². The molecule has 17 heavy (non-hydrogen) atoms. The van der Waals surface area contributed by atoms with E-state index in [1.54, 1.807) is 12.1 Å². The Morgan fingerprint density at radius 3 is 2.94 bits per heavy atom. The zero-order valence-corrected chi connectivity index (χ0v) is 9.31. The largest absolute Gasteiger partial charge is 0.508 e. The highest BCUT2D eigenvalue weighted by atomic mass is 19.1. The summed E-state index contributed by atoms with van der Waals surface area (Å²) in [4.78, 5) is 0. The van der Waals surface area contributed by atoms with Crippen LogP contribution in [0.4, 0.5) is 4.39 Å². The minimum atomic E-state index is -0.399. The molecule has 90 valence electrons. The van der Waals surface area contributed by atoms with Gasteiger partial charge in [0.15, 0.2) is 0 Å². The molecule has 1 heterocycles. The summed E-state index contributed by atoms with van der Waals surface area (Å²) in [7, 11) is 0. The first-order chi connectivity index (χ1) is 8.22. The Bertz CT molecular complexity index is 510. The van der Waals surface area contributed by atoms with Gasteiger partial charge in [0.2, 0.25) is 5.95 Å². The molecule has 0 amide bonds. The fourth-order valence-electron chi connectivity index (χ4n) is 1.63. The third-order valence-electron chi connectivity index (χ3n) is 2.50. The summed E-state index contributed by atoms with van der Waals surface area (Å²) >= 11 is 0. The van der Waals surface area contributed by atoms with Crippen LogP contribution in [-0.2, 0) is 6.42 Å². The molecule has 0 radical (unpaired) electrons. The standard InChI is InChI=1S/C12H14FN3O/c13-12-9(3-2-6-14)8-15-16(12)10-4-1-5-11(17)7-10/h1,4-5,7-8,17H,2-3,6,14H2. The Kier molecular flexibility index (Phi) is 3.39. The summed E-state index contributed by atoms with van der Waals surface area (Å²) in [6.45, 7) is 0.525. The van der Waals surface area contributed by atoms with Gasteiger partial charge in [-0.15, -0.1) is 0 Å². The first-order valence-electron chi connectivity index (χ1n) is 5.44. The van der Waals surface area contributed by atoms with E-state index < -0.39 is 5.95 Å². The van der Waals surface area contributed by atoms with Crippen molar-refractivity contribution in [1.82, 2.24) is 9.78 Å². The maximum Gasteiger partial charge on any atom is 0.219 e. The molecule has 2 rings (SSSR count). The lowest BCUT2D eigenvalue weighted by Gasteiger charge is -2.03. The van der Waals surface area contributed by atoms with Crippen molar-refractivity contribution in [3.8, 4) is 11.4 Å². The van der Waals surface area contributed by atoms with Crippen LogP contribution in [-0.4, -0.2) is 21.4 Å². The fraction of sp³-hybridized carbons (Fsp3) is 0.250. The summed E-state index contributed by atoms with van der Waals surface area (Å²) < 4.78 is 15.1. The van der Waals surface area contributed by atoms with Gasteiger partial charge in [-0.25, -0.2) is 4.68 Å². The Hall–Kier alpha value is -1.88. The summed E-state index contributed by atoms with van der Waals surface area (Å²) in [5.74, 6) is -0.315. The molecule has 0 aliphatic heterocycles. The van der Waals surface area contributed by atoms with Crippen LogP contribution in [0.3, 0.4) is 0 Å². The fourth-order valence-corrected chi connectivity index (χ4v) is 1.63. The first-order valence-corrected chi connectivity index (χ1v) is 5.44. The lowest BCUT2D eigenvalue weighted by molar-refractivity contribution is 0.473. The topological polar surface area (TPSA) is 64.1 Å². The van der Waals surface area contributed by atoms with Crippen LogP contribution in [0.2, 0.25) is 0 Å². The number of phenolic OH excluding ortho intramolecular Hbond substituents is 1. The monoisotopic (exact) mass is 235 g/mol. The van der Waals surface area contributed by atoms with Crippen molar-refractivity contribution in [1.29, 1.82) is 0 Å². The van der Waals surface area contributed by atoms with E-state index in [4.69, 9.17) is 5.73 Å². The molecule has 0 aliphatic carbocycles. The maximum absolute atomic E-state index is 14.0. The number of halogens is 1. The number of aromatic nitrogens is 2. The van der Waals surface area contributed by atoms with Gasteiger partial charge in [-0.1, -0.05) is 6.07 Å². The highest BCUT2D eigenvalue weighted by Crippen LogP contribution is 2.18.